The molecule has 3 aromatic heterocycles. The molecule has 0 aliphatic carbocycles. The fraction of sp³-hybridized carbons (Fsp3) is 0.227. The Balaban J connectivity index is 1.64. The molecule has 0 saturated heterocycles. The number of thioether (sulfide) groups is 1. The Morgan fingerprint density at radius 3 is 2.32 bits per heavy atom. The van der Waals surface area contributed by atoms with Crippen molar-refractivity contribution in [2.75, 3.05) is 11.6 Å². The summed E-state index contributed by atoms with van der Waals surface area (Å²) >= 11 is 1.43. The van der Waals surface area contributed by atoms with Gasteiger partial charge < -0.3 is 10.1 Å². The van der Waals surface area contributed by atoms with Crippen molar-refractivity contribution in [2.24, 2.45) is 0 Å². The van der Waals surface area contributed by atoms with E-state index in [0.717, 1.165) is 17.1 Å². The van der Waals surface area contributed by atoms with Crippen LogP contribution in [0.2, 0.25) is 0 Å². The second-order valence-corrected chi connectivity index (χ2v) is 8.58. The van der Waals surface area contributed by atoms with Crippen molar-refractivity contribution >= 4 is 29.2 Å². The highest BCUT2D eigenvalue weighted by Gasteiger charge is 2.27. The minimum absolute atomic E-state index is 0.312. The van der Waals surface area contributed by atoms with E-state index in [9.17, 15) is 5.26 Å². The summed E-state index contributed by atoms with van der Waals surface area (Å²) in [5.74, 6) is 2.28. The van der Waals surface area contributed by atoms with Crippen LogP contribution >= 0.6 is 11.8 Å². The summed E-state index contributed by atoms with van der Waals surface area (Å²) in [7, 11) is 0. The van der Waals surface area contributed by atoms with Gasteiger partial charge in [-0.1, -0.05) is 20.8 Å². The van der Waals surface area contributed by atoms with Gasteiger partial charge in [-0.15, -0.1) is 16.9 Å². The van der Waals surface area contributed by atoms with E-state index >= 15 is 0 Å². The zero-order valence-corrected chi connectivity index (χ0v) is 18.4. The van der Waals surface area contributed by atoms with Gasteiger partial charge in [0.2, 0.25) is 5.95 Å². The predicted molar refractivity (Wildman–Crippen MR) is 120 cm³/mol. The molecule has 0 atom stereocenters. The topological polar surface area (TPSA) is 101 Å². The van der Waals surface area contributed by atoms with Crippen LogP contribution in [0, 0.1) is 11.3 Å². The maximum Gasteiger partial charge on any atom is 0.255 e. The third kappa shape index (κ3) is 4.29. The smallest absolute Gasteiger partial charge is 0.255 e. The van der Waals surface area contributed by atoms with Crippen LogP contribution in [0.25, 0.3) is 5.78 Å². The molecule has 4 aromatic rings. The maximum atomic E-state index is 9.73. The molecule has 0 aliphatic heterocycles. The lowest BCUT2D eigenvalue weighted by molar-refractivity contribution is 0.482. The predicted octanol–water partition coefficient (Wildman–Crippen LogP) is 4.95. The molecule has 4 rings (SSSR count). The number of hydrogen-bond donors (Lipinski definition) is 1. The molecule has 31 heavy (non-hydrogen) atoms. The van der Waals surface area contributed by atoms with Crippen molar-refractivity contribution in [3.63, 3.8) is 0 Å². The summed E-state index contributed by atoms with van der Waals surface area (Å²) in [5, 5.41) is 18.2. The monoisotopic (exact) mass is 431 g/mol. The minimum Gasteiger partial charge on any atom is -0.457 e. The number of benzene rings is 1. The van der Waals surface area contributed by atoms with Gasteiger partial charge in [0.15, 0.2) is 0 Å². The van der Waals surface area contributed by atoms with Crippen molar-refractivity contribution in [3.05, 3.63) is 60.0 Å². The van der Waals surface area contributed by atoms with Crippen LogP contribution in [0.3, 0.4) is 0 Å². The van der Waals surface area contributed by atoms with E-state index < -0.39 is 0 Å². The third-order valence-corrected chi connectivity index (χ3v) is 5.15. The van der Waals surface area contributed by atoms with Gasteiger partial charge in [-0.25, -0.2) is 4.98 Å². The maximum absolute atomic E-state index is 9.73. The van der Waals surface area contributed by atoms with Gasteiger partial charge >= 0.3 is 0 Å². The second kappa shape index (κ2) is 8.24. The largest absolute Gasteiger partial charge is 0.457 e. The molecule has 0 saturated carbocycles. The normalized spacial score (nSPS) is 11.3. The van der Waals surface area contributed by atoms with Crippen LogP contribution in [0.5, 0.6) is 11.5 Å². The molecule has 3 heterocycles. The van der Waals surface area contributed by atoms with Crippen molar-refractivity contribution in [1.29, 1.82) is 5.26 Å². The fourth-order valence-corrected chi connectivity index (χ4v) is 3.67. The van der Waals surface area contributed by atoms with Gasteiger partial charge in [0.05, 0.1) is 5.69 Å². The second-order valence-electron chi connectivity index (χ2n) is 7.79. The number of hydrogen-bond acceptors (Lipinski definition) is 8. The van der Waals surface area contributed by atoms with Crippen LogP contribution < -0.4 is 10.1 Å². The number of pyridine rings is 1. The lowest BCUT2D eigenvalue weighted by Gasteiger charge is -2.21. The first-order valence-corrected chi connectivity index (χ1v) is 10.8. The number of rotatable bonds is 5. The number of nitrogens with zero attached hydrogens (tertiary/aromatic N) is 6. The van der Waals surface area contributed by atoms with Crippen LogP contribution in [0.4, 0.5) is 11.6 Å². The van der Waals surface area contributed by atoms with Crippen molar-refractivity contribution < 1.29 is 4.74 Å². The van der Waals surface area contributed by atoms with Gasteiger partial charge in [0.1, 0.15) is 28.2 Å². The van der Waals surface area contributed by atoms with Crippen LogP contribution in [0.1, 0.15) is 32.0 Å². The molecule has 9 heteroatoms. The first-order valence-electron chi connectivity index (χ1n) is 9.59. The number of nitrogens with one attached hydrogen (secondary N) is 1. The molecule has 1 aromatic carbocycles. The molecular weight excluding hydrogens is 410 g/mol. The van der Waals surface area contributed by atoms with Gasteiger partial charge in [0.25, 0.3) is 5.78 Å². The molecule has 0 unspecified atom stereocenters. The zero-order valence-electron chi connectivity index (χ0n) is 17.6. The van der Waals surface area contributed by atoms with E-state index in [1.807, 2.05) is 51.3 Å². The van der Waals surface area contributed by atoms with Crippen molar-refractivity contribution in [1.82, 2.24) is 24.6 Å². The quantitative estimate of drug-likeness (QED) is 0.350. The Kier molecular flexibility index (Phi) is 5.48. The van der Waals surface area contributed by atoms with Gasteiger partial charge in [-0.05, 0) is 42.7 Å². The van der Waals surface area contributed by atoms with Gasteiger partial charge in [-0.2, -0.15) is 14.8 Å². The summed E-state index contributed by atoms with van der Waals surface area (Å²) in [6.45, 7) is 6.13. The molecule has 0 fully saturated rings. The molecular formula is C22H21N7OS. The molecule has 0 spiro atoms. The van der Waals surface area contributed by atoms with Gasteiger partial charge in [-0.3, -0.25) is 4.98 Å². The first-order chi connectivity index (χ1) is 14.9. The number of fused-ring (bicyclic) bond motifs is 1. The van der Waals surface area contributed by atoms with E-state index in [2.05, 4.69) is 31.4 Å². The Morgan fingerprint density at radius 1 is 1.03 bits per heavy atom. The van der Waals surface area contributed by atoms with Gasteiger partial charge in [0, 0.05) is 23.5 Å². The molecule has 8 nitrogen and oxygen atoms in total. The lowest BCUT2D eigenvalue weighted by Crippen LogP contribution is -2.20. The summed E-state index contributed by atoms with van der Waals surface area (Å²) < 4.78 is 7.44. The van der Waals surface area contributed by atoms with Crippen LogP contribution in [-0.2, 0) is 5.41 Å². The molecule has 0 bridgehead atoms. The van der Waals surface area contributed by atoms with Crippen LogP contribution in [0.15, 0.2) is 53.8 Å². The highest BCUT2D eigenvalue weighted by Crippen LogP contribution is 2.31. The Morgan fingerprint density at radius 2 is 1.71 bits per heavy atom. The van der Waals surface area contributed by atoms with E-state index in [0.29, 0.717) is 28.1 Å². The summed E-state index contributed by atoms with van der Waals surface area (Å²) in [5.41, 5.74) is 1.81. The summed E-state index contributed by atoms with van der Waals surface area (Å²) in [6.07, 6.45) is 5.26. The zero-order chi connectivity index (χ0) is 22.0. The van der Waals surface area contributed by atoms with Crippen molar-refractivity contribution in [2.45, 2.75) is 31.2 Å². The summed E-state index contributed by atoms with van der Waals surface area (Å²) in [6, 6.07) is 13.4. The molecule has 1 N–H and O–H groups in total. The van der Waals surface area contributed by atoms with E-state index in [1.165, 1.54) is 11.8 Å². The molecule has 0 radical (unpaired) electrons. The molecule has 0 aliphatic rings. The SMILES string of the molecule is CSc1nc2nc(Nc3ccc(Oc4ccncc4)cc3)nn2c(C(C)(C)C)c1C#N. The first kappa shape index (κ1) is 20.6. The molecule has 156 valence electrons. The highest BCUT2D eigenvalue weighted by molar-refractivity contribution is 7.98. The number of anilines is 2. The van der Waals surface area contributed by atoms with E-state index in [1.54, 1.807) is 29.0 Å². The number of aromatic nitrogens is 5. The number of ether oxygens (including phenoxy) is 1. The van der Waals surface area contributed by atoms with E-state index in [4.69, 9.17) is 4.74 Å². The Hall–Kier alpha value is -3.64. The lowest BCUT2D eigenvalue weighted by atomic mass is 9.89. The summed E-state index contributed by atoms with van der Waals surface area (Å²) in [4.78, 5) is 13.0. The highest BCUT2D eigenvalue weighted by atomic mass is 32.2. The Bertz CT molecular complexity index is 1260. The molecule has 0 amide bonds. The van der Waals surface area contributed by atoms with E-state index in [-0.39, 0.29) is 5.41 Å². The standard InChI is InChI=1S/C22H21N7OS/c1-22(2,3)18-17(13-23)19(31-4)26-21-27-20(28-29(18)21)25-14-5-7-15(8-6-14)30-16-9-11-24-12-10-16/h5-12H,1-4H3,(H,25,28). The number of nitriles is 1. The van der Waals surface area contributed by atoms with Crippen LogP contribution in [-0.4, -0.2) is 30.8 Å². The fourth-order valence-electron chi connectivity index (χ4n) is 3.15. The third-order valence-electron chi connectivity index (χ3n) is 4.47. The average Bonchev–Trinajstić information content (AvgIpc) is 3.15. The average molecular weight is 432 g/mol. The Labute approximate surface area is 184 Å². The minimum atomic E-state index is -0.312. The van der Waals surface area contributed by atoms with Crippen molar-refractivity contribution in [3.8, 4) is 17.6 Å².